The molecule has 0 aliphatic heterocycles. The van der Waals surface area contributed by atoms with Crippen molar-refractivity contribution in [2.45, 2.75) is 19.4 Å². The van der Waals surface area contributed by atoms with E-state index >= 15 is 0 Å². The molecule has 1 aromatic carbocycles. The van der Waals surface area contributed by atoms with E-state index in [1.165, 1.54) is 11.0 Å². The summed E-state index contributed by atoms with van der Waals surface area (Å²) in [4.78, 5) is 14.1. The summed E-state index contributed by atoms with van der Waals surface area (Å²) in [6.45, 7) is 1.86. The van der Waals surface area contributed by atoms with Crippen LogP contribution in [0.3, 0.4) is 0 Å². The molecule has 0 spiro atoms. The minimum absolute atomic E-state index is 0.0187. The predicted octanol–water partition coefficient (Wildman–Crippen LogP) is 2.13. The van der Waals surface area contributed by atoms with Crippen molar-refractivity contribution in [3.63, 3.8) is 0 Å². The molecule has 98 valence electrons. The van der Waals surface area contributed by atoms with Gasteiger partial charge in [0.1, 0.15) is 5.75 Å². The summed E-state index contributed by atoms with van der Waals surface area (Å²) >= 11 is 6.92. The SMILES string of the molecule is CC(CC(N)=S)N(C)C(=O)c1cc(I)ccc1O. The van der Waals surface area contributed by atoms with E-state index in [9.17, 15) is 9.90 Å². The van der Waals surface area contributed by atoms with Gasteiger partial charge in [-0.15, -0.1) is 0 Å². The highest BCUT2D eigenvalue weighted by Gasteiger charge is 2.20. The highest BCUT2D eigenvalue weighted by molar-refractivity contribution is 14.1. The Bertz CT molecular complexity index is 479. The number of aromatic hydroxyl groups is 1. The first kappa shape index (κ1) is 15.2. The number of thiocarbonyl (C=S) groups is 1. The summed E-state index contributed by atoms with van der Waals surface area (Å²) in [5.74, 6) is -0.260. The average molecular weight is 378 g/mol. The first-order valence-electron chi connectivity index (χ1n) is 5.37. The van der Waals surface area contributed by atoms with Crippen molar-refractivity contribution in [3.8, 4) is 5.75 Å². The van der Waals surface area contributed by atoms with Gasteiger partial charge < -0.3 is 15.7 Å². The Kier molecular flexibility index (Phi) is 5.33. The van der Waals surface area contributed by atoms with E-state index in [-0.39, 0.29) is 17.7 Å². The number of rotatable bonds is 4. The molecule has 1 atom stereocenters. The lowest BCUT2D eigenvalue weighted by atomic mass is 10.1. The summed E-state index contributed by atoms with van der Waals surface area (Å²) in [5.41, 5.74) is 5.76. The van der Waals surface area contributed by atoms with Crippen LogP contribution in [0.15, 0.2) is 18.2 Å². The lowest BCUT2D eigenvalue weighted by molar-refractivity contribution is 0.0745. The third-order valence-corrected chi connectivity index (χ3v) is 3.50. The normalized spacial score (nSPS) is 11.9. The molecule has 3 N–H and O–H groups in total. The van der Waals surface area contributed by atoms with Crippen LogP contribution in [0.25, 0.3) is 0 Å². The Morgan fingerprint density at radius 2 is 2.22 bits per heavy atom. The second kappa shape index (κ2) is 6.33. The Morgan fingerprint density at radius 1 is 1.61 bits per heavy atom. The van der Waals surface area contributed by atoms with Crippen molar-refractivity contribution < 1.29 is 9.90 Å². The zero-order chi connectivity index (χ0) is 13.9. The number of phenolic OH excluding ortho intramolecular Hbond substituents is 1. The topological polar surface area (TPSA) is 66.6 Å². The van der Waals surface area contributed by atoms with Crippen LogP contribution >= 0.6 is 34.8 Å². The molecule has 0 heterocycles. The number of hydrogen-bond donors (Lipinski definition) is 2. The molecule has 0 aromatic heterocycles. The van der Waals surface area contributed by atoms with Crippen LogP contribution in [0.2, 0.25) is 0 Å². The molecular weight excluding hydrogens is 363 g/mol. The van der Waals surface area contributed by atoms with Crippen LogP contribution in [-0.2, 0) is 0 Å². The van der Waals surface area contributed by atoms with E-state index in [0.29, 0.717) is 17.0 Å². The number of amides is 1. The second-order valence-electron chi connectivity index (χ2n) is 4.10. The van der Waals surface area contributed by atoms with Crippen LogP contribution < -0.4 is 5.73 Å². The molecule has 0 fully saturated rings. The Morgan fingerprint density at radius 3 is 2.78 bits per heavy atom. The van der Waals surface area contributed by atoms with Gasteiger partial charge in [-0.05, 0) is 47.7 Å². The molecule has 1 amide bonds. The number of nitrogens with two attached hydrogens (primary N) is 1. The molecule has 0 radical (unpaired) electrons. The summed E-state index contributed by atoms with van der Waals surface area (Å²) in [6, 6.07) is 4.81. The lowest BCUT2D eigenvalue weighted by Crippen LogP contribution is -2.37. The molecule has 0 bridgehead atoms. The van der Waals surface area contributed by atoms with E-state index in [0.717, 1.165) is 3.57 Å². The number of nitrogens with zero attached hydrogens (tertiary/aromatic N) is 1. The third-order valence-electron chi connectivity index (χ3n) is 2.67. The maximum Gasteiger partial charge on any atom is 0.257 e. The quantitative estimate of drug-likeness (QED) is 0.623. The highest BCUT2D eigenvalue weighted by atomic mass is 127. The third kappa shape index (κ3) is 3.81. The summed E-state index contributed by atoms with van der Waals surface area (Å²) < 4.78 is 0.893. The van der Waals surface area contributed by atoms with Crippen molar-refractivity contribution in [2.75, 3.05) is 7.05 Å². The Labute approximate surface area is 125 Å². The van der Waals surface area contributed by atoms with E-state index in [1.54, 1.807) is 19.2 Å². The highest BCUT2D eigenvalue weighted by Crippen LogP contribution is 2.22. The molecule has 0 saturated heterocycles. The summed E-state index contributed by atoms with van der Waals surface area (Å²) in [6.07, 6.45) is 0.461. The van der Waals surface area contributed by atoms with E-state index in [4.69, 9.17) is 18.0 Å². The maximum absolute atomic E-state index is 12.2. The smallest absolute Gasteiger partial charge is 0.257 e. The number of benzene rings is 1. The van der Waals surface area contributed by atoms with Gasteiger partial charge in [-0.1, -0.05) is 12.2 Å². The van der Waals surface area contributed by atoms with Crippen LogP contribution in [0, 0.1) is 3.57 Å². The van der Waals surface area contributed by atoms with Gasteiger partial charge in [0, 0.05) is 23.1 Å². The van der Waals surface area contributed by atoms with Crippen LogP contribution in [-0.4, -0.2) is 34.0 Å². The van der Waals surface area contributed by atoms with Gasteiger partial charge in [0.2, 0.25) is 0 Å². The molecule has 0 aliphatic carbocycles. The van der Waals surface area contributed by atoms with E-state index in [2.05, 4.69) is 22.6 Å². The first-order valence-corrected chi connectivity index (χ1v) is 6.85. The number of carbonyl (C=O) groups is 1. The minimum atomic E-state index is -0.241. The molecule has 1 unspecified atom stereocenters. The van der Waals surface area contributed by atoms with Gasteiger partial charge in [0.25, 0.3) is 5.91 Å². The monoisotopic (exact) mass is 378 g/mol. The van der Waals surface area contributed by atoms with E-state index in [1.807, 2.05) is 6.92 Å². The number of hydrogen-bond acceptors (Lipinski definition) is 3. The van der Waals surface area contributed by atoms with Gasteiger partial charge in [-0.2, -0.15) is 0 Å². The predicted molar refractivity (Wildman–Crippen MR) is 83.8 cm³/mol. The minimum Gasteiger partial charge on any atom is -0.507 e. The second-order valence-corrected chi connectivity index (χ2v) is 5.87. The van der Waals surface area contributed by atoms with Crippen molar-refractivity contribution in [3.05, 3.63) is 27.3 Å². The fourth-order valence-electron chi connectivity index (χ4n) is 1.50. The Balaban J connectivity index is 2.92. The lowest BCUT2D eigenvalue weighted by Gasteiger charge is -2.25. The largest absolute Gasteiger partial charge is 0.507 e. The molecule has 0 aliphatic rings. The van der Waals surface area contributed by atoms with Crippen molar-refractivity contribution in [1.82, 2.24) is 4.90 Å². The summed E-state index contributed by atoms with van der Waals surface area (Å²) in [5, 5.41) is 9.72. The van der Waals surface area contributed by atoms with Crippen LogP contribution in [0.1, 0.15) is 23.7 Å². The summed E-state index contributed by atoms with van der Waals surface area (Å²) in [7, 11) is 1.67. The molecule has 1 rings (SSSR count). The fourth-order valence-corrected chi connectivity index (χ4v) is 2.23. The first-order chi connectivity index (χ1) is 8.32. The van der Waals surface area contributed by atoms with Gasteiger partial charge in [0.05, 0.1) is 10.6 Å². The van der Waals surface area contributed by atoms with Gasteiger partial charge in [-0.3, -0.25) is 4.79 Å². The standard InChI is InChI=1S/C12H15IN2O2S/c1-7(5-11(14)18)15(2)12(17)9-6-8(13)3-4-10(9)16/h3-4,6-7,16H,5H2,1-2H3,(H2,14,18). The van der Waals surface area contributed by atoms with Crippen molar-refractivity contribution >= 4 is 45.7 Å². The van der Waals surface area contributed by atoms with Crippen molar-refractivity contribution in [1.29, 1.82) is 0 Å². The zero-order valence-electron chi connectivity index (χ0n) is 10.2. The van der Waals surface area contributed by atoms with Gasteiger partial charge in [0.15, 0.2) is 0 Å². The molecule has 18 heavy (non-hydrogen) atoms. The Hall–Kier alpha value is -0.890. The zero-order valence-corrected chi connectivity index (χ0v) is 13.2. The molecule has 1 aromatic rings. The number of carbonyl (C=O) groups excluding carboxylic acids is 1. The molecule has 6 heteroatoms. The maximum atomic E-state index is 12.2. The molecular formula is C12H15IN2O2S. The van der Waals surface area contributed by atoms with Crippen LogP contribution in [0.4, 0.5) is 0 Å². The fraction of sp³-hybridized carbons (Fsp3) is 0.333. The van der Waals surface area contributed by atoms with Gasteiger partial charge in [-0.25, -0.2) is 0 Å². The number of phenols is 1. The van der Waals surface area contributed by atoms with Crippen molar-refractivity contribution in [2.24, 2.45) is 5.73 Å². The van der Waals surface area contributed by atoms with E-state index < -0.39 is 0 Å². The molecule has 0 saturated carbocycles. The van der Waals surface area contributed by atoms with Crippen LogP contribution in [0.5, 0.6) is 5.75 Å². The van der Waals surface area contributed by atoms with Gasteiger partial charge >= 0.3 is 0 Å². The molecule has 4 nitrogen and oxygen atoms in total. The average Bonchev–Trinajstić information content (AvgIpc) is 2.29. The number of halogens is 1.